The van der Waals surface area contributed by atoms with Gasteiger partial charge in [0.25, 0.3) is 0 Å². The van der Waals surface area contributed by atoms with Gasteiger partial charge in [0.1, 0.15) is 11.6 Å². The van der Waals surface area contributed by atoms with Crippen molar-refractivity contribution in [3.63, 3.8) is 0 Å². The van der Waals surface area contributed by atoms with Crippen LogP contribution in [0.2, 0.25) is 0 Å². The van der Waals surface area contributed by atoms with E-state index < -0.39 is 36.4 Å². The van der Waals surface area contributed by atoms with Gasteiger partial charge < -0.3 is 15.6 Å². The second-order valence-corrected chi connectivity index (χ2v) is 6.70. The zero-order valence-electron chi connectivity index (χ0n) is 19.5. The molecule has 8 heteroatoms. The summed E-state index contributed by atoms with van der Waals surface area (Å²) in [5.74, 6) is -1.22. The number of nitrogens with zero attached hydrogens (tertiary/aromatic N) is 1. The third-order valence-electron chi connectivity index (χ3n) is 4.43. The van der Waals surface area contributed by atoms with Crippen LogP contribution >= 0.6 is 0 Å². The highest BCUT2D eigenvalue weighted by atomic mass is 19.4. The Morgan fingerprint density at radius 3 is 2.31 bits per heavy atom. The summed E-state index contributed by atoms with van der Waals surface area (Å²) in [6.07, 6.45) is -2.07. The number of hydrogen-bond donors (Lipinski definition) is 2. The van der Waals surface area contributed by atoms with Crippen molar-refractivity contribution in [2.24, 2.45) is 5.73 Å². The van der Waals surface area contributed by atoms with Crippen LogP contribution in [0.15, 0.2) is 48.4 Å². The smallest absolute Gasteiger partial charge is 0.417 e. The lowest BCUT2D eigenvalue weighted by molar-refractivity contribution is -0.263. The van der Waals surface area contributed by atoms with Crippen molar-refractivity contribution >= 4 is 6.08 Å². The quantitative estimate of drug-likeness (QED) is 0.467. The molecule has 3 N–H and O–H groups in total. The molecule has 2 unspecified atom stereocenters. The molecule has 180 valence electrons. The molecule has 1 aromatic heterocycles. The molecule has 1 aromatic carbocycles. The Morgan fingerprint density at radius 1 is 1.19 bits per heavy atom. The second kappa shape index (κ2) is 13.7. The first kappa shape index (κ1) is 29.4. The first-order valence-electron chi connectivity index (χ1n) is 10.5. The average Bonchev–Trinajstić information content (AvgIpc) is 2.76. The van der Waals surface area contributed by atoms with E-state index in [1.54, 1.807) is 12.1 Å². The lowest BCUT2D eigenvalue weighted by Gasteiger charge is -2.33. The monoisotopic (exact) mass is 458 g/mol. The number of alkyl halides is 3. The molecule has 4 nitrogen and oxygen atoms in total. The molecular weight excluding hydrogens is 424 g/mol. The van der Waals surface area contributed by atoms with Gasteiger partial charge >= 0.3 is 6.18 Å². The number of pyridine rings is 1. The fourth-order valence-electron chi connectivity index (χ4n) is 3.06. The molecule has 0 bridgehead atoms. The summed E-state index contributed by atoms with van der Waals surface area (Å²) in [5.41, 5.74) is 3.47. The van der Waals surface area contributed by atoms with E-state index in [0.717, 1.165) is 12.1 Å². The molecule has 0 saturated heterocycles. The maximum Gasteiger partial charge on any atom is 0.417 e. The minimum atomic E-state index is -4.91. The molecule has 0 radical (unpaired) electrons. The molecular formula is C24H34F4N2O2. The zero-order chi connectivity index (χ0) is 24.9. The minimum Gasteiger partial charge on any atom is -0.496 e. The zero-order valence-corrected chi connectivity index (χ0v) is 19.5. The van der Waals surface area contributed by atoms with Gasteiger partial charge in [0.15, 0.2) is 5.60 Å². The van der Waals surface area contributed by atoms with E-state index in [1.165, 1.54) is 38.6 Å². The van der Waals surface area contributed by atoms with Gasteiger partial charge in [-0.15, -0.1) is 0 Å². The number of methoxy groups -OCH3 is 1. The van der Waals surface area contributed by atoms with Crippen molar-refractivity contribution in [1.82, 2.24) is 4.98 Å². The number of aliphatic hydroxyl groups is 1. The van der Waals surface area contributed by atoms with Gasteiger partial charge in [-0.05, 0) is 41.7 Å². The molecule has 0 aliphatic carbocycles. The lowest BCUT2D eigenvalue weighted by Crippen LogP contribution is -2.47. The fraction of sp³-hybridized carbons (Fsp3) is 0.458. The van der Waals surface area contributed by atoms with Crippen molar-refractivity contribution in [2.75, 3.05) is 7.11 Å². The standard InChI is InChI=1S/C20H22F4N2O2.2C2H6/c1-13(17-6-5-15(21)9-18(17)28-2)10-19(27,20(22,23)24)11-16(25)8-14-4-3-7-26-12-14;2*1-2/h3-9,12-13,27H,10-11,25H2,1-2H3;2*1-2H3/b16-8-;;. The molecule has 0 spiro atoms. The van der Waals surface area contributed by atoms with Gasteiger partial charge in [0, 0.05) is 30.6 Å². The minimum absolute atomic E-state index is 0.121. The highest BCUT2D eigenvalue weighted by Crippen LogP contribution is 2.43. The van der Waals surface area contributed by atoms with E-state index in [1.807, 2.05) is 27.7 Å². The van der Waals surface area contributed by atoms with Crippen LogP contribution in [0, 0.1) is 5.82 Å². The van der Waals surface area contributed by atoms with Crippen LogP contribution in [0.3, 0.4) is 0 Å². The highest BCUT2D eigenvalue weighted by Gasteiger charge is 2.54. The SMILES string of the molecule is CC.CC.COc1cc(F)ccc1C(C)CC(O)(C/C(N)=C/c1cccnc1)C(F)(F)F. The Labute approximate surface area is 188 Å². The highest BCUT2D eigenvalue weighted by molar-refractivity contribution is 5.51. The van der Waals surface area contributed by atoms with Crippen molar-refractivity contribution in [3.05, 3.63) is 65.4 Å². The normalized spacial score (nSPS) is 14.2. The molecule has 0 aliphatic rings. The van der Waals surface area contributed by atoms with Crippen LogP contribution in [0.25, 0.3) is 6.08 Å². The summed E-state index contributed by atoms with van der Waals surface area (Å²) in [5, 5.41) is 10.5. The summed E-state index contributed by atoms with van der Waals surface area (Å²) in [4.78, 5) is 3.87. The average molecular weight is 459 g/mol. The predicted molar refractivity (Wildman–Crippen MR) is 121 cm³/mol. The number of rotatable bonds is 7. The number of nitrogens with two attached hydrogens (primary N) is 1. The van der Waals surface area contributed by atoms with E-state index in [9.17, 15) is 22.7 Å². The number of benzene rings is 1. The summed E-state index contributed by atoms with van der Waals surface area (Å²) in [6.45, 7) is 9.51. The molecule has 0 fully saturated rings. The molecule has 2 rings (SSSR count). The number of aromatic nitrogens is 1. The molecule has 0 aliphatic heterocycles. The van der Waals surface area contributed by atoms with Gasteiger partial charge in [0.05, 0.1) is 7.11 Å². The van der Waals surface area contributed by atoms with Crippen LogP contribution in [0.4, 0.5) is 17.6 Å². The number of halogens is 4. The van der Waals surface area contributed by atoms with Crippen LogP contribution in [0.1, 0.15) is 64.5 Å². The first-order chi connectivity index (χ1) is 15.1. The fourth-order valence-corrected chi connectivity index (χ4v) is 3.06. The molecule has 0 amide bonds. The number of ether oxygens (including phenoxy) is 1. The Morgan fingerprint density at radius 2 is 1.81 bits per heavy atom. The van der Waals surface area contributed by atoms with Crippen LogP contribution in [-0.2, 0) is 0 Å². The largest absolute Gasteiger partial charge is 0.496 e. The third-order valence-corrected chi connectivity index (χ3v) is 4.43. The lowest BCUT2D eigenvalue weighted by atomic mass is 9.83. The van der Waals surface area contributed by atoms with E-state index >= 15 is 0 Å². The van der Waals surface area contributed by atoms with Crippen LogP contribution in [-0.4, -0.2) is 29.0 Å². The van der Waals surface area contributed by atoms with Crippen LogP contribution < -0.4 is 10.5 Å². The van der Waals surface area contributed by atoms with E-state index in [2.05, 4.69) is 4.98 Å². The van der Waals surface area contributed by atoms with Gasteiger partial charge in [-0.1, -0.05) is 46.8 Å². The Balaban J connectivity index is 0.00000227. The first-order valence-corrected chi connectivity index (χ1v) is 10.5. The number of hydrogen-bond acceptors (Lipinski definition) is 4. The van der Waals surface area contributed by atoms with Crippen molar-refractivity contribution in [3.8, 4) is 5.75 Å². The predicted octanol–water partition coefficient (Wildman–Crippen LogP) is 6.46. The Kier molecular flexibility index (Phi) is 12.6. The summed E-state index contributed by atoms with van der Waals surface area (Å²) < 4.78 is 59.5. The van der Waals surface area contributed by atoms with E-state index in [-0.39, 0.29) is 11.4 Å². The van der Waals surface area contributed by atoms with Crippen LogP contribution in [0.5, 0.6) is 5.75 Å². The molecule has 2 aromatic rings. The van der Waals surface area contributed by atoms with Gasteiger partial charge in [-0.2, -0.15) is 13.2 Å². The van der Waals surface area contributed by atoms with Crippen molar-refractivity contribution in [1.29, 1.82) is 0 Å². The maximum absolute atomic E-state index is 13.7. The summed E-state index contributed by atoms with van der Waals surface area (Å²) in [7, 11) is 1.30. The molecule has 0 saturated carbocycles. The van der Waals surface area contributed by atoms with Crippen molar-refractivity contribution in [2.45, 2.75) is 65.2 Å². The van der Waals surface area contributed by atoms with Gasteiger partial charge in [-0.25, -0.2) is 4.39 Å². The van der Waals surface area contributed by atoms with E-state index in [4.69, 9.17) is 10.5 Å². The second-order valence-electron chi connectivity index (χ2n) is 6.70. The van der Waals surface area contributed by atoms with Crippen molar-refractivity contribution < 1.29 is 27.4 Å². The third kappa shape index (κ3) is 8.49. The molecule has 32 heavy (non-hydrogen) atoms. The molecule has 1 heterocycles. The maximum atomic E-state index is 13.7. The Bertz CT molecular complexity index is 826. The topological polar surface area (TPSA) is 68.4 Å². The van der Waals surface area contributed by atoms with Gasteiger partial charge in [0.2, 0.25) is 0 Å². The summed E-state index contributed by atoms with van der Waals surface area (Å²) in [6, 6.07) is 6.84. The summed E-state index contributed by atoms with van der Waals surface area (Å²) >= 11 is 0. The van der Waals surface area contributed by atoms with E-state index in [0.29, 0.717) is 11.1 Å². The molecule has 2 atom stereocenters. The van der Waals surface area contributed by atoms with Gasteiger partial charge in [-0.3, -0.25) is 4.98 Å². The Hall–Kier alpha value is -2.61.